The summed E-state index contributed by atoms with van der Waals surface area (Å²) in [6, 6.07) is 7.68. The molecule has 0 aliphatic carbocycles. The Morgan fingerprint density at radius 1 is 1.08 bits per heavy atom. The van der Waals surface area contributed by atoms with E-state index in [2.05, 4.69) is 19.9 Å². The number of aromatic nitrogens is 4. The SMILES string of the molecule is Nc1nc(-c2nccs2)nc(-c2ccco2)c1CCc1cccnc1. The molecule has 0 spiro atoms. The number of nitrogen functional groups attached to an aromatic ring is 1. The summed E-state index contributed by atoms with van der Waals surface area (Å²) >= 11 is 1.48. The number of aryl methyl sites for hydroxylation is 1. The van der Waals surface area contributed by atoms with Gasteiger partial charge in [0.25, 0.3) is 0 Å². The van der Waals surface area contributed by atoms with Crippen molar-refractivity contribution in [2.75, 3.05) is 5.73 Å². The Kier molecular flexibility index (Phi) is 4.22. The molecule has 25 heavy (non-hydrogen) atoms. The van der Waals surface area contributed by atoms with Gasteiger partial charge in [0.1, 0.15) is 11.5 Å². The van der Waals surface area contributed by atoms with Crippen molar-refractivity contribution >= 4 is 17.2 Å². The number of nitrogens with zero attached hydrogens (tertiary/aromatic N) is 4. The molecule has 0 aliphatic heterocycles. The lowest BCUT2D eigenvalue weighted by atomic mass is 10.0. The lowest BCUT2D eigenvalue weighted by molar-refractivity contribution is 0.579. The molecular formula is C18H15N5OS. The van der Waals surface area contributed by atoms with E-state index in [1.165, 1.54) is 11.3 Å². The molecule has 4 heterocycles. The van der Waals surface area contributed by atoms with Gasteiger partial charge in [-0.05, 0) is 36.6 Å². The summed E-state index contributed by atoms with van der Waals surface area (Å²) in [5.41, 5.74) is 8.99. The molecule has 4 aromatic heterocycles. The van der Waals surface area contributed by atoms with E-state index in [9.17, 15) is 0 Å². The number of hydrogen-bond acceptors (Lipinski definition) is 7. The van der Waals surface area contributed by atoms with Crippen LogP contribution < -0.4 is 5.73 Å². The van der Waals surface area contributed by atoms with Crippen molar-refractivity contribution in [2.24, 2.45) is 0 Å². The van der Waals surface area contributed by atoms with Crippen molar-refractivity contribution in [2.45, 2.75) is 12.8 Å². The van der Waals surface area contributed by atoms with Crippen molar-refractivity contribution in [3.8, 4) is 22.3 Å². The summed E-state index contributed by atoms with van der Waals surface area (Å²) in [6.45, 7) is 0. The highest BCUT2D eigenvalue weighted by Gasteiger charge is 2.18. The zero-order valence-electron chi connectivity index (χ0n) is 13.3. The van der Waals surface area contributed by atoms with Crippen LogP contribution in [-0.2, 0) is 12.8 Å². The average Bonchev–Trinajstić information content (AvgIpc) is 3.35. The van der Waals surface area contributed by atoms with Crippen LogP contribution in [0.25, 0.3) is 22.3 Å². The predicted molar refractivity (Wildman–Crippen MR) is 96.9 cm³/mol. The average molecular weight is 349 g/mol. The van der Waals surface area contributed by atoms with E-state index in [0.29, 0.717) is 29.5 Å². The monoisotopic (exact) mass is 349 g/mol. The fourth-order valence-electron chi connectivity index (χ4n) is 2.61. The molecule has 0 saturated carbocycles. The van der Waals surface area contributed by atoms with Crippen molar-refractivity contribution in [3.05, 3.63) is 65.6 Å². The van der Waals surface area contributed by atoms with Crippen molar-refractivity contribution in [1.29, 1.82) is 0 Å². The molecule has 0 bridgehead atoms. The van der Waals surface area contributed by atoms with Gasteiger partial charge in [-0.15, -0.1) is 11.3 Å². The number of nitrogens with two attached hydrogens (primary N) is 1. The van der Waals surface area contributed by atoms with Gasteiger partial charge in [0.2, 0.25) is 0 Å². The molecule has 0 aliphatic rings. The van der Waals surface area contributed by atoms with Gasteiger partial charge in [-0.2, -0.15) is 0 Å². The topological polar surface area (TPSA) is 90.7 Å². The molecule has 4 rings (SSSR count). The first kappa shape index (κ1) is 15.5. The van der Waals surface area contributed by atoms with Gasteiger partial charge in [-0.25, -0.2) is 15.0 Å². The Hall–Kier alpha value is -3.06. The minimum Gasteiger partial charge on any atom is -0.463 e. The van der Waals surface area contributed by atoms with Crippen LogP contribution in [0.4, 0.5) is 5.82 Å². The van der Waals surface area contributed by atoms with Crippen molar-refractivity contribution < 1.29 is 4.42 Å². The fraction of sp³-hybridized carbons (Fsp3) is 0.111. The summed E-state index contributed by atoms with van der Waals surface area (Å²) < 4.78 is 5.56. The molecule has 2 N–H and O–H groups in total. The second-order valence-corrected chi connectivity index (χ2v) is 6.33. The van der Waals surface area contributed by atoms with Crippen LogP contribution in [0.5, 0.6) is 0 Å². The second-order valence-electron chi connectivity index (χ2n) is 5.44. The summed E-state index contributed by atoms with van der Waals surface area (Å²) in [5.74, 6) is 1.65. The standard InChI is InChI=1S/C18H15N5OS/c19-16-13(6-5-12-3-1-7-20-11-12)15(14-4-2-9-24-14)22-17(23-16)18-21-8-10-25-18/h1-4,7-11H,5-6H2,(H2,19,22,23). The molecule has 0 amide bonds. The maximum atomic E-state index is 6.27. The largest absolute Gasteiger partial charge is 0.463 e. The summed E-state index contributed by atoms with van der Waals surface area (Å²) in [6.07, 6.45) is 8.47. The van der Waals surface area contributed by atoms with Crippen LogP contribution in [0.1, 0.15) is 11.1 Å². The molecule has 0 aromatic carbocycles. The van der Waals surface area contributed by atoms with E-state index in [1.54, 1.807) is 18.7 Å². The number of thiazole rings is 1. The minimum atomic E-state index is 0.454. The van der Waals surface area contributed by atoms with E-state index in [0.717, 1.165) is 22.6 Å². The van der Waals surface area contributed by atoms with Crippen molar-refractivity contribution in [3.63, 3.8) is 0 Å². The number of anilines is 1. The van der Waals surface area contributed by atoms with E-state index >= 15 is 0 Å². The summed E-state index contributed by atoms with van der Waals surface area (Å²) in [7, 11) is 0. The highest BCUT2D eigenvalue weighted by molar-refractivity contribution is 7.13. The van der Waals surface area contributed by atoms with Gasteiger partial charge < -0.3 is 10.2 Å². The van der Waals surface area contributed by atoms with E-state index in [1.807, 2.05) is 35.8 Å². The smallest absolute Gasteiger partial charge is 0.191 e. The molecule has 0 fully saturated rings. The number of furan rings is 1. The maximum absolute atomic E-state index is 6.27. The number of hydrogen-bond donors (Lipinski definition) is 1. The molecule has 4 aromatic rings. The van der Waals surface area contributed by atoms with Gasteiger partial charge in [0.05, 0.1) is 6.26 Å². The van der Waals surface area contributed by atoms with Crippen molar-refractivity contribution in [1.82, 2.24) is 19.9 Å². The van der Waals surface area contributed by atoms with Crippen LogP contribution in [0.15, 0.2) is 58.9 Å². The third kappa shape index (κ3) is 3.27. The van der Waals surface area contributed by atoms with Gasteiger partial charge in [-0.1, -0.05) is 6.07 Å². The lowest BCUT2D eigenvalue weighted by Gasteiger charge is -2.11. The van der Waals surface area contributed by atoms with E-state index in [4.69, 9.17) is 10.2 Å². The zero-order valence-corrected chi connectivity index (χ0v) is 14.1. The Balaban J connectivity index is 1.74. The Bertz CT molecular complexity index is 953. The first-order valence-corrected chi connectivity index (χ1v) is 8.68. The first-order valence-electron chi connectivity index (χ1n) is 7.80. The van der Waals surface area contributed by atoms with Gasteiger partial charge in [0.15, 0.2) is 16.6 Å². The van der Waals surface area contributed by atoms with Crippen LogP contribution in [-0.4, -0.2) is 19.9 Å². The fourth-order valence-corrected chi connectivity index (χ4v) is 3.18. The molecule has 0 atom stereocenters. The minimum absolute atomic E-state index is 0.454. The van der Waals surface area contributed by atoms with Gasteiger partial charge in [-0.3, -0.25) is 4.98 Å². The highest BCUT2D eigenvalue weighted by Crippen LogP contribution is 2.30. The Labute approximate surface area is 148 Å². The quantitative estimate of drug-likeness (QED) is 0.592. The summed E-state index contributed by atoms with van der Waals surface area (Å²) in [5, 5.41) is 2.62. The molecule has 6 nitrogen and oxygen atoms in total. The van der Waals surface area contributed by atoms with Crippen LogP contribution in [0.3, 0.4) is 0 Å². The van der Waals surface area contributed by atoms with E-state index in [-0.39, 0.29) is 0 Å². The zero-order chi connectivity index (χ0) is 17.1. The van der Waals surface area contributed by atoms with E-state index < -0.39 is 0 Å². The second kappa shape index (κ2) is 6.82. The molecule has 0 radical (unpaired) electrons. The van der Waals surface area contributed by atoms with Gasteiger partial charge >= 0.3 is 0 Å². The molecule has 0 saturated heterocycles. The molecule has 7 heteroatoms. The lowest BCUT2D eigenvalue weighted by Crippen LogP contribution is -2.06. The summed E-state index contributed by atoms with van der Waals surface area (Å²) in [4.78, 5) is 17.6. The van der Waals surface area contributed by atoms with Crippen LogP contribution in [0.2, 0.25) is 0 Å². The highest BCUT2D eigenvalue weighted by atomic mass is 32.1. The first-order chi connectivity index (χ1) is 12.3. The van der Waals surface area contributed by atoms with Gasteiger partial charge in [0, 0.05) is 29.5 Å². The Morgan fingerprint density at radius 3 is 2.76 bits per heavy atom. The third-order valence-electron chi connectivity index (χ3n) is 3.80. The Morgan fingerprint density at radius 2 is 2.04 bits per heavy atom. The molecule has 124 valence electrons. The third-order valence-corrected chi connectivity index (χ3v) is 4.57. The normalized spacial score (nSPS) is 10.9. The molecular weight excluding hydrogens is 334 g/mol. The van der Waals surface area contributed by atoms with Crippen LogP contribution in [0, 0.1) is 0 Å². The molecule has 0 unspecified atom stereocenters. The van der Waals surface area contributed by atoms with Crippen LogP contribution >= 0.6 is 11.3 Å². The predicted octanol–water partition coefficient (Wildman–Crippen LogP) is 3.62. The number of rotatable bonds is 5. The maximum Gasteiger partial charge on any atom is 0.191 e. The number of pyridine rings is 1.